The molecule has 26 heavy (non-hydrogen) atoms. The molecule has 0 spiro atoms. The van der Waals surface area contributed by atoms with E-state index in [0.717, 1.165) is 17.5 Å². The van der Waals surface area contributed by atoms with Gasteiger partial charge >= 0.3 is 0 Å². The lowest BCUT2D eigenvalue weighted by atomic mass is 9.92. The Morgan fingerprint density at radius 2 is 2.12 bits per heavy atom. The van der Waals surface area contributed by atoms with Gasteiger partial charge in [0.2, 0.25) is 17.7 Å². The number of halogens is 1. The molecule has 3 aromatic heterocycles. The van der Waals surface area contributed by atoms with E-state index in [0.29, 0.717) is 29.9 Å². The van der Waals surface area contributed by atoms with E-state index in [1.165, 1.54) is 0 Å². The molecular weight excluding hydrogens is 356 g/mol. The number of anilines is 1. The minimum absolute atomic E-state index is 0.0159. The number of amides is 1. The summed E-state index contributed by atoms with van der Waals surface area (Å²) in [6.07, 6.45) is 4.36. The van der Waals surface area contributed by atoms with Gasteiger partial charge in [0, 0.05) is 35.9 Å². The van der Waals surface area contributed by atoms with Gasteiger partial charge in [-0.05, 0) is 24.6 Å². The molecule has 0 aliphatic carbocycles. The van der Waals surface area contributed by atoms with Crippen LogP contribution in [0.25, 0.3) is 11.4 Å². The third-order valence-electron chi connectivity index (χ3n) is 4.12. The molecule has 9 heteroatoms. The van der Waals surface area contributed by atoms with Crippen LogP contribution in [0.15, 0.2) is 36.7 Å². The van der Waals surface area contributed by atoms with E-state index in [1.807, 2.05) is 18.2 Å². The van der Waals surface area contributed by atoms with E-state index in [2.05, 4.69) is 30.5 Å². The molecule has 4 heterocycles. The summed E-state index contributed by atoms with van der Waals surface area (Å²) in [6, 6.07) is 7.18. The Kier molecular flexibility index (Phi) is 4.49. The van der Waals surface area contributed by atoms with E-state index in [4.69, 9.17) is 16.3 Å². The summed E-state index contributed by atoms with van der Waals surface area (Å²) in [7, 11) is 0. The summed E-state index contributed by atoms with van der Waals surface area (Å²) in [5, 5.41) is 9.94. The molecule has 1 amide bonds. The Bertz CT molecular complexity index is 930. The SMILES string of the molecule is O=C(CC1CCOc2nc(Cl)ccc21)Nc1n[nH]c(-c2ccncc2)n1. The second kappa shape index (κ2) is 7.09. The maximum atomic E-state index is 12.4. The second-order valence-corrected chi connectivity index (χ2v) is 6.25. The Morgan fingerprint density at radius 3 is 2.96 bits per heavy atom. The van der Waals surface area contributed by atoms with Crippen molar-refractivity contribution in [3.05, 3.63) is 47.4 Å². The van der Waals surface area contributed by atoms with Crippen molar-refractivity contribution in [1.29, 1.82) is 0 Å². The fourth-order valence-electron chi connectivity index (χ4n) is 2.88. The largest absolute Gasteiger partial charge is 0.477 e. The van der Waals surface area contributed by atoms with Crippen LogP contribution in [0.3, 0.4) is 0 Å². The molecule has 4 rings (SSSR count). The van der Waals surface area contributed by atoms with Crippen LogP contribution in [0.4, 0.5) is 5.95 Å². The highest BCUT2D eigenvalue weighted by Crippen LogP contribution is 2.35. The highest BCUT2D eigenvalue weighted by molar-refractivity contribution is 6.29. The normalized spacial score (nSPS) is 15.8. The zero-order valence-electron chi connectivity index (χ0n) is 13.6. The maximum absolute atomic E-state index is 12.4. The third-order valence-corrected chi connectivity index (χ3v) is 4.33. The monoisotopic (exact) mass is 370 g/mol. The van der Waals surface area contributed by atoms with Gasteiger partial charge in [-0.3, -0.25) is 20.2 Å². The third kappa shape index (κ3) is 3.50. The van der Waals surface area contributed by atoms with Gasteiger partial charge in [0.25, 0.3) is 0 Å². The summed E-state index contributed by atoms with van der Waals surface area (Å²) >= 11 is 5.90. The van der Waals surface area contributed by atoms with Crippen LogP contribution < -0.4 is 10.1 Å². The van der Waals surface area contributed by atoms with Crippen molar-refractivity contribution in [3.8, 4) is 17.3 Å². The predicted molar refractivity (Wildman–Crippen MR) is 95.0 cm³/mol. The van der Waals surface area contributed by atoms with E-state index < -0.39 is 0 Å². The lowest BCUT2D eigenvalue weighted by Gasteiger charge is -2.24. The average Bonchev–Trinajstić information content (AvgIpc) is 3.11. The highest BCUT2D eigenvalue weighted by Gasteiger charge is 2.25. The van der Waals surface area contributed by atoms with Gasteiger partial charge in [-0.2, -0.15) is 4.98 Å². The molecule has 1 aliphatic heterocycles. The zero-order valence-corrected chi connectivity index (χ0v) is 14.4. The van der Waals surface area contributed by atoms with E-state index in [1.54, 1.807) is 18.5 Å². The van der Waals surface area contributed by atoms with Gasteiger partial charge in [0.1, 0.15) is 5.15 Å². The molecule has 0 aromatic carbocycles. The average molecular weight is 371 g/mol. The molecule has 1 unspecified atom stereocenters. The summed E-state index contributed by atoms with van der Waals surface area (Å²) in [4.78, 5) is 24.8. The molecule has 8 nitrogen and oxygen atoms in total. The molecule has 1 aliphatic rings. The van der Waals surface area contributed by atoms with Crippen LogP contribution in [0, 0.1) is 0 Å². The van der Waals surface area contributed by atoms with E-state index in [-0.39, 0.29) is 17.8 Å². The maximum Gasteiger partial charge on any atom is 0.249 e. The molecule has 1 atom stereocenters. The number of carbonyl (C=O) groups excluding carboxylic acids is 1. The van der Waals surface area contributed by atoms with Crippen molar-refractivity contribution >= 4 is 23.5 Å². The highest BCUT2D eigenvalue weighted by atomic mass is 35.5. The first-order valence-corrected chi connectivity index (χ1v) is 8.49. The number of hydrogen-bond donors (Lipinski definition) is 2. The number of pyridine rings is 2. The lowest BCUT2D eigenvalue weighted by molar-refractivity contribution is -0.116. The Labute approximate surface area is 154 Å². The molecule has 2 N–H and O–H groups in total. The first-order chi connectivity index (χ1) is 12.7. The van der Waals surface area contributed by atoms with Crippen molar-refractivity contribution in [2.45, 2.75) is 18.8 Å². The molecule has 0 bridgehead atoms. The first-order valence-electron chi connectivity index (χ1n) is 8.11. The minimum atomic E-state index is -0.168. The van der Waals surface area contributed by atoms with Crippen LogP contribution >= 0.6 is 11.6 Å². The van der Waals surface area contributed by atoms with Gasteiger partial charge < -0.3 is 4.74 Å². The van der Waals surface area contributed by atoms with Crippen LogP contribution in [-0.2, 0) is 4.79 Å². The van der Waals surface area contributed by atoms with Crippen LogP contribution in [0.5, 0.6) is 5.88 Å². The van der Waals surface area contributed by atoms with Gasteiger partial charge in [-0.1, -0.05) is 17.7 Å². The molecule has 0 fully saturated rings. The van der Waals surface area contributed by atoms with Crippen molar-refractivity contribution in [1.82, 2.24) is 25.1 Å². The summed E-state index contributed by atoms with van der Waals surface area (Å²) in [6.45, 7) is 0.505. The van der Waals surface area contributed by atoms with Gasteiger partial charge in [-0.25, -0.2) is 4.98 Å². The number of hydrogen-bond acceptors (Lipinski definition) is 6. The first kappa shape index (κ1) is 16.5. The number of ether oxygens (including phenoxy) is 1. The van der Waals surface area contributed by atoms with Crippen LogP contribution in [0.2, 0.25) is 5.15 Å². The van der Waals surface area contributed by atoms with Crippen molar-refractivity contribution in [2.75, 3.05) is 11.9 Å². The van der Waals surface area contributed by atoms with Crippen LogP contribution in [0.1, 0.15) is 24.3 Å². The minimum Gasteiger partial charge on any atom is -0.477 e. The fourth-order valence-corrected chi connectivity index (χ4v) is 3.02. The van der Waals surface area contributed by atoms with Crippen LogP contribution in [-0.4, -0.2) is 37.7 Å². The number of aromatic amines is 1. The Balaban J connectivity index is 1.43. The molecule has 0 saturated heterocycles. The standard InChI is InChI=1S/C17H15ClN6O2/c18-13-2-1-12-11(5-8-26-16(12)20-13)9-14(25)21-17-22-15(23-24-17)10-3-6-19-7-4-10/h1-4,6-7,11H,5,8-9H2,(H2,21,22,23,24,25). The van der Waals surface area contributed by atoms with Crippen molar-refractivity contribution in [3.63, 3.8) is 0 Å². The predicted octanol–water partition coefficient (Wildman–Crippen LogP) is 2.81. The topological polar surface area (TPSA) is 106 Å². The number of rotatable bonds is 4. The van der Waals surface area contributed by atoms with Gasteiger partial charge in [-0.15, -0.1) is 5.10 Å². The number of nitrogens with zero attached hydrogens (tertiary/aromatic N) is 4. The number of carbonyl (C=O) groups is 1. The number of nitrogens with one attached hydrogen (secondary N) is 2. The Morgan fingerprint density at radius 1 is 1.27 bits per heavy atom. The number of H-pyrrole nitrogens is 1. The summed E-state index contributed by atoms with van der Waals surface area (Å²) in [5.74, 6) is 1.15. The zero-order chi connectivity index (χ0) is 17.9. The lowest BCUT2D eigenvalue weighted by Crippen LogP contribution is -2.21. The Hall–Kier alpha value is -3.00. The van der Waals surface area contributed by atoms with Crippen molar-refractivity contribution in [2.24, 2.45) is 0 Å². The van der Waals surface area contributed by atoms with Gasteiger partial charge in [0.05, 0.1) is 6.61 Å². The molecule has 3 aromatic rings. The molecule has 0 radical (unpaired) electrons. The molecule has 132 valence electrons. The second-order valence-electron chi connectivity index (χ2n) is 5.86. The number of aromatic nitrogens is 5. The summed E-state index contributed by atoms with van der Waals surface area (Å²) < 4.78 is 5.52. The quantitative estimate of drug-likeness (QED) is 0.684. The van der Waals surface area contributed by atoms with E-state index in [9.17, 15) is 4.79 Å². The number of fused-ring (bicyclic) bond motifs is 1. The molecular formula is C17H15ClN6O2. The van der Waals surface area contributed by atoms with E-state index >= 15 is 0 Å². The fraction of sp³-hybridized carbons (Fsp3) is 0.235. The molecule has 0 saturated carbocycles. The summed E-state index contributed by atoms with van der Waals surface area (Å²) in [5.41, 5.74) is 1.73. The smallest absolute Gasteiger partial charge is 0.249 e. The van der Waals surface area contributed by atoms with Crippen molar-refractivity contribution < 1.29 is 9.53 Å². The van der Waals surface area contributed by atoms with Gasteiger partial charge in [0.15, 0.2) is 5.82 Å².